The molecule has 0 saturated heterocycles. The van der Waals surface area contributed by atoms with E-state index in [4.69, 9.17) is 0 Å². The van der Waals surface area contributed by atoms with Crippen LogP contribution in [0.1, 0.15) is 110 Å². The molecule has 0 radical (unpaired) electrons. The molecule has 0 atom stereocenters. The molecule has 0 aliphatic heterocycles. The van der Waals surface area contributed by atoms with Crippen molar-refractivity contribution in [3.05, 3.63) is 0 Å². The number of hydrogen-bond acceptors (Lipinski definition) is 4. The van der Waals surface area contributed by atoms with Crippen LogP contribution >= 0.6 is 7.82 Å². The van der Waals surface area contributed by atoms with Crippen molar-refractivity contribution < 1.29 is 38.4 Å². The van der Waals surface area contributed by atoms with Crippen molar-refractivity contribution in [2.45, 2.75) is 110 Å². The van der Waals surface area contributed by atoms with Crippen LogP contribution < -0.4 is 9.79 Å². The first-order chi connectivity index (χ1) is 11.1. The summed E-state index contributed by atoms with van der Waals surface area (Å²) in [5.41, 5.74) is 0. The molecule has 140 valence electrons. The summed E-state index contributed by atoms with van der Waals surface area (Å²) in [5, 5.41) is 0. The number of unbranched alkanes of at least 4 members (excludes halogenated alkanes) is 15. The minimum Gasteiger partial charge on any atom is -0.790 e. The number of hydrogen-bond donors (Lipinski definition) is 0. The van der Waals surface area contributed by atoms with Crippen molar-refractivity contribution in [3.8, 4) is 0 Å². The fraction of sp³-hybridized carbons (Fsp3) is 1.00. The second kappa shape index (κ2) is 20.1. The molecule has 0 rings (SSSR count). The van der Waals surface area contributed by atoms with Gasteiger partial charge in [0.15, 0.2) is 0 Å². The van der Waals surface area contributed by atoms with Crippen molar-refractivity contribution in [1.82, 2.24) is 0 Å². The summed E-state index contributed by atoms with van der Waals surface area (Å²) in [6.45, 7) is 2.30. The Kier molecular flexibility index (Phi) is 22.5. The minimum atomic E-state index is -4.76. The molecule has 6 heteroatoms. The molecule has 0 bridgehead atoms. The maximum absolute atomic E-state index is 10.2. The van der Waals surface area contributed by atoms with Gasteiger partial charge in [-0.1, -0.05) is 103 Å². The van der Waals surface area contributed by atoms with Gasteiger partial charge in [-0.05, 0) is 6.42 Å². The molecule has 0 saturated carbocycles. The molecule has 0 fully saturated rings. The number of rotatable bonds is 18. The monoisotopic (exact) mass is 412 g/mol. The summed E-state index contributed by atoms with van der Waals surface area (Å²) in [5.74, 6) is 0. The van der Waals surface area contributed by atoms with Gasteiger partial charge in [-0.2, -0.15) is 0 Å². The zero-order valence-electron chi connectivity index (χ0n) is 15.8. The standard InChI is InChI=1S/C18H39O4P.Zn/c1-2-3-4-5-6-7-8-9-10-11-12-13-14-15-16-17-18-22-23(19,20)21;/h2-18H2,1H3,(H2,19,20,21);/q;+2/p-2. The van der Waals surface area contributed by atoms with Crippen LogP contribution in [0, 0.1) is 0 Å². The van der Waals surface area contributed by atoms with E-state index >= 15 is 0 Å². The molecule has 24 heavy (non-hydrogen) atoms. The van der Waals surface area contributed by atoms with Gasteiger partial charge in [0.2, 0.25) is 0 Å². The molecular formula is C18H37O4PZn. The first-order valence-corrected chi connectivity index (χ1v) is 11.2. The Balaban J connectivity index is 0. The van der Waals surface area contributed by atoms with Gasteiger partial charge in [0.05, 0.1) is 14.4 Å². The second-order valence-corrected chi connectivity index (χ2v) is 7.74. The summed E-state index contributed by atoms with van der Waals surface area (Å²) < 4.78 is 14.4. The van der Waals surface area contributed by atoms with Crippen molar-refractivity contribution in [2.75, 3.05) is 6.61 Å². The molecule has 0 aliphatic carbocycles. The van der Waals surface area contributed by atoms with Gasteiger partial charge in [0.25, 0.3) is 0 Å². The third-order valence-corrected chi connectivity index (χ3v) is 4.75. The molecule has 0 heterocycles. The molecule has 0 amide bonds. The van der Waals surface area contributed by atoms with E-state index in [-0.39, 0.29) is 26.1 Å². The van der Waals surface area contributed by atoms with E-state index in [1.165, 1.54) is 83.5 Å². The van der Waals surface area contributed by atoms with Gasteiger partial charge in [0, 0.05) is 0 Å². The van der Waals surface area contributed by atoms with E-state index in [0.29, 0.717) is 6.42 Å². The minimum absolute atomic E-state index is 0. The van der Waals surface area contributed by atoms with Crippen LogP contribution in [-0.4, -0.2) is 6.61 Å². The van der Waals surface area contributed by atoms with Crippen LogP contribution in [0.2, 0.25) is 0 Å². The third kappa shape index (κ3) is 25.0. The summed E-state index contributed by atoms with van der Waals surface area (Å²) in [6, 6.07) is 0. The molecule has 0 spiro atoms. The molecule has 0 aliphatic rings. The predicted octanol–water partition coefficient (Wildman–Crippen LogP) is 5.09. The summed E-state index contributed by atoms with van der Waals surface area (Å²) in [6.07, 6.45) is 20.3. The van der Waals surface area contributed by atoms with Gasteiger partial charge in [-0.3, -0.25) is 0 Å². The Labute approximate surface area is 162 Å². The molecule has 0 aromatic heterocycles. The van der Waals surface area contributed by atoms with Crippen molar-refractivity contribution in [3.63, 3.8) is 0 Å². The summed E-state index contributed by atoms with van der Waals surface area (Å²) in [4.78, 5) is 20.5. The Morgan fingerprint density at radius 2 is 0.917 bits per heavy atom. The quantitative estimate of drug-likeness (QED) is 0.178. The van der Waals surface area contributed by atoms with Gasteiger partial charge in [0.1, 0.15) is 0 Å². The topological polar surface area (TPSA) is 72.4 Å². The Bertz CT molecular complexity index is 284. The van der Waals surface area contributed by atoms with E-state index in [2.05, 4.69) is 11.4 Å². The van der Waals surface area contributed by atoms with Crippen LogP contribution in [0.4, 0.5) is 0 Å². The Morgan fingerprint density at radius 3 is 1.21 bits per heavy atom. The van der Waals surface area contributed by atoms with E-state index in [0.717, 1.165) is 12.8 Å². The third-order valence-electron chi connectivity index (χ3n) is 4.25. The first kappa shape index (κ1) is 27.0. The van der Waals surface area contributed by atoms with Crippen LogP contribution in [0.5, 0.6) is 0 Å². The molecule has 0 aromatic rings. The van der Waals surface area contributed by atoms with Crippen molar-refractivity contribution in [2.24, 2.45) is 0 Å². The van der Waals surface area contributed by atoms with Crippen LogP contribution in [-0.2, 0) is 28.6 Å². The zero-order chi connectivity index (χ0) is 17.2. The zero-order valence-corrected chi connectivity index (χ0v) is 19.7. The van der Waals surface area contributed by atoms with Gasteiger partial charge in [-0.15, -0.1) is 0 Å². The maximum atomic E-state index is 10.2. The van der Waals surface area contributed by atoms with Gasteiger partial charge < -0.3 is 18.9 Å². The largest absolute Gasteiger partial charge is 2.00 e. The molecular weight excluding hydrogens is 377 g/mol. The number of phosphoric acid groups is 1. The number of phosphoric ester groups is 1. The Morgan fingerprint density at radius 1 is 0.625 bits per heavy atom. The second-order valence-electron chi connectivity index (χ2n) is 6.58. The molecule has 4 nitrogen and oxygen atoms in total. The van der Waals surface area contributed by atoms with E-state index < -0.39 is 7.82 Å². The average molecular weight is 414 g/mol. The smallest absolute Gasteiger partial charge is 0.790 e. The van der Waals surface area contributed by atoms with E-state index in [9.17, 15) is 14.4 Å². The summed E-state index contributed by atoms with van der Waals surface area (Å²) in [7, 11) is -4.76. The predicted molar refractivity (Wildman–Crippen MR) is 93.1 cm³/mol. The fourth-order valence-electron chi connectivity index (χ4n) is 2.83. The summed E-state index contributed by atoms with van der Waals surface area (Å²) >= 11 is 0. The van der Waals surface area contributed by atoms with Crippen LogP contribution in [0.15, 0.2) is 0 Å². The Hall–Kier alpha value is 0.733. The fourth-order valence-corrected chi connectivity index (χ4v) is 3.18. The van der Waals surface area contributed by atoms with Crippen molar-refractivity contribution in [1.29, 1.82) is 0 Å². The van der Waals surface area contributed by atoms with Crippen LogP contribution in [0.25, 0.3) is 0 Å². The van der Waals surface area contributed by atoms with Crippen molar-refractivity contribution >= 4 is 7.82 Å². The molecule has 0 unspecified atom stereocenters. The SMILES string of the molecule is CCCCCCCCCCCCCCCCCCOP(=O)([O-])[O-].[Zn+2]. The normalized spacial score (nSPS) is 11.5. The molecule has 0 aromatic carbocycles. The maximum Gasteiger partial charge on any atom is 2.00 e. The first-order valence-electron chi connectivity index (χ1n) is 9.73. The molecule has 0 N–H and O–H groups in total. The van der Waals surface area contributed by atoms with Gasteiger partial charge in [-0.25, -0.2) is 0 Å². The van der Waals surface area contributed by atoms with E-state index in [1.807, 2.05) is 0 Å². The average Bonchev–Trinajstić information content (AvgIpc) is 2.49. The van der Waals surface area contributed by atoms with Gasteiger partial charge >= 0.3 is 19.5 Å². The van der Waals surface area contributed by atoms with E-state index in [1.54, 1.807) is 0 Å². The van der Waals surface area contributed by atoms with Crippen LogP contribution in [0.3, 0.4) is 0 Å².